The van der Waals surface area contributed by atoms with Crippen molar-refractivity contribution >= 4 is 29.6 Å². The Labute approximate surface area is 55.5 Å². The van der Waals surface area contributed by atoms with E-state index in [0.717, 1.165) is 6.92 Å². The maximum Gasteiger partial charge on any atom is 0.227 e. The number of amides is 1. The number of hydrogen-bond acceptors (Lipinski definition) is 3. The van der Waals surface area contributed by atoms with E-state index < -0.39 is 17.2 Å². The molecule has 0 aliphatic heterocycles. The minimum atomic E-state index is -2.45. The van der Waals surface area contributed by atoms with Crippen LogP contribution in [-0.2, 0) is 16.1 Å². The minimum absolute atomic E-state index is 0. The second kappa shape index (κ2) is 5.02. The van der Waals surface area contributed by atoms with Gasteiger partial charge in [-0.05, 0) is 0 Å². The van der Waals surface area contributed by atoms with Crippen molar-refractivity contribution in [2.45, 2.75) is 6.92 Å². The zero-order valence-corrected chi connectivity index (χ0v) is 5.67. The molecule has 1 N–H and O–H groups in total. The van der Waals surface area contributed by atoms with Crippen LogP contribution in [0.3, 0.4) is 0 Å². The van der Waals surface area contributed by atoms with Crippen LogP contribution < -0.4 is 4.72 Å². The molecule has 4 nitrogen and oxygen atoms in total. The molecule has 0 fully saturated rings. The van der Waals surface area contributed by atoms with Crippen LogP contribution >= 0.6 is 12.4 Å². The molecule has 1 amide bonds. The first-order chi connectivity index (χ1) is 3.13. The summed E-state index contributed by atoms with van der Waals surface area (Å²) in [5, 5.41) is 0. The van der Waals surface area contributed by atoms with Crippen molar-refractivity contribution in [1.29, 1.82) is 0 Å². The number of rotatable bonds is 1. The van der Waals surface area contributed by atoms with Crippen LogP contribution in [0.5, 0.6) is 0 Å². The van der Waals surface area contributed by atoms with E-state index in [-0.39, 0.29) is 12.4 Å². The first-order valence-electron chi connectivity index (χ1n) is 1.49. The van der Waals surface area contributed by atoms with Crippen LogP contribution in [0.4, 0.5) is 0 Å². The maximum atomic E-state index is 9.75. The van der Waals surface area contributed by atoms with E-state index >= 15 is 0 Å². The van der Waals surface area contributed by atoms with Gasteiger partial charge in [0, 0.05) is 18.2 Å². The molecule has 0 saturated carbocycles. The number of nitrogens with one attached hydrogen (secondary N) is 1. The zero-order valence-electron chi connectivity index (χ0n) is 4.04. The van der Waals surface area contributed by atoms with Crippen LogP contribution in [0.1, 0.15) is 6.92 Å². The summed E-state index contributed by atoms with van der Waals surface area (Å²) >= 11 is -2.45. The molecule has 6 heteroatoms. The molecule has 0 aromatic rings. The van der Waals surface area contributed by atoms with Gasteiger partial charge in [-0.3, -0.25) is 13.7 Å². The van der Waals surface area contributed by atoms with E-state index in [1.165, 1.54) is 0 Å². The molecule has 0 radical (unpaired) electrons. The standard InChI is InChI=1S/C2H5NO3S.ClH/c1-2(4)3-7(5)6;/h1H3,(H,3,4)(H,5,6);1H/p-1. The highest BCUT2D eigenvalue weighted by molar-refractivity contribution is 7.77. The zero-order chi connectivity index (χ0) is 5.86. The monoisotopic (exact) mass is 158 g/mol. The van der Waals surface area contributed by atoms with Gasteiger partial charge in [0.2, 0.25) is 5.91 Å². The predicted octanol–water partition coefficient (Wildman–Crippen LogP) is -0.662. The molecule has 0 aromatic carbocycles. The second-order valence-corrected chi connectivity index (χ2v) is 1.57. The molecular formula is C2H5ClNO3S-. The van der Waals surface area contributed by atoms with Gasteiger partial charge in [-0.25, -0.2) is 0 Å². The van der Waals surface area contributed by atoms with Crippen molar-refractivity contribution in [3.63, 3.8) is 0 Å². The molecule has 0 aliphatic carbocycles. The van der Waals surface area contributed by atoms with Gasteiger partial charge in [0.1, 0.15) is 0 Å². The molecule has 50 valence electrons. The Kier molecular flexibility index (Phi) is 6.76. The van der Waals surface area contributed by atoms with Gasteiger partial charge in [0.15, 0.2) is 0 Å². The topological polar surface area (TPSA) is 69.2 Å². The first kappa shape index (κ1) is 10.8. The molecule has 0 spiro atoms. The van der Waals surface area contributed by atoms with Crippen molar-refractivity contribution in [2.24, 2.45) is 0 Å². The summed E-state index contributed by atoms with van der Waals surface area (Å²) in [5.74, 6) is -0.576. The SMILES string of the molecule is CC(=O)NS(=O)[O-].Cl. The van der Waals surface area contributed by atoms with Crippen LogP contribution in [-0.4, -0.2) is 14.7 Å². The molecule has 0 saturated heterocycles. The van der Waals surface area contributed by atoms with Gasteiger partial charge in [0.25, 0.3) is 0 Å². The average molecular weight is 159 g/mol. The van der Waals surface area contributed by atoms with E-state index in [1.54, 1.807) is 4.72 Å². The predicted molar refractivity (Wildman–Crippen MR) is 30.0 cm³/mol. The van der Waals surface area contributed by atoms with Crippen molar-refractivity contribution < 1.29 is 13.6 Å². The average Bonchev–Trinajstić information content (AvgIpc) is 1.27. The quantitative estimate of drug-likeness (QED) is 0.515. The molecule has 0 aliphatic rings. The Morgan fingerprint density at radius 3 is 2.12 bits per heavy atom. The fraction of sp³-hybridized carbons (Fsp3) is 0.500. The lowest BCUT2D eigenvalue weighted by molar-refractivity contribution is -0.117. The summed E-state index contributed by atoms with van der Waals surface area (Å²) < 4.78 is 20.5. The first-order valence-corrected chi connectivity index (χ1v) is 2.57. The van der Waals surface area contributed by atoms with Crippen LogP contribution in [0.2, 0.25) is 0 Å². The normalized spacial score (nSPS) is 11.2. The second-order valence-electron chi connectivity index (χ2n) is 0.893. The van der Waals surface area contributed by atoms with Gasteiger partial charge in [-0.2, -0.15) is 0 Å². The molecule has 0 rings (SSSR count). The Hall–Kier alpha value is -0.130. The summed E-state index contributed by atoms with van der Waals surface area (Å²) in [5.41, 5.74) is 0. The fourth-order valence-corrected chi connectivity index (χ4v) is 0.352. The lowest BCUT2D eigenvalue weighted by Crippen LogP contribution is -2.21. The van der Waals surface area contributed by atoms with E-state index in [9.17, 15) is 13.6 Å². The summed E-state index contributed by atoms with van der Waals surface area (Å²) in [7, 11) is 0. The summed E-state index contributed by atoms with van der Waals surface area (Å²) in [4.78, 5) is 9.75. The van der Waals surface area contributed by atoms with E-state index in [2.05, 4.69) is 0 Å². The molecular weight excluding hydrogens is 154 g/mol. The number of hydrogen-bond donors (Lipinski definition) is 1. The third-order valence-corrected chi connectivity index (χ3v) is 0.681. The lowest BCUT2D eigenvalue weighted by atomic mass is 10.8. The summed E-state index contributed by atoms with van der Waals surface area (Å²) in [6.07, 6.45) is 0. The van der Waals surface area contributed by atoms with Crippen molar-refractivity contribution in [2.75, 3.05) is 0 Å². The fourth-order valence-electron chi connectivity index (χ4n) is 0.117. The molecule has 1 atom stereocenters. The highest BCUT2D eigenvalue weighted by Crippen LogP contribution is 1.60. The van der Waals surface area contributed by atoms with Gasteiger partial charge in [-0.15, -0.1) is 12.4 Å². The highest BCUT2D eigenvalue weighted by atomic mass is 35.5. The van der Waals surface area contributed by atoms with Crippen LogP contribution in [0.15, 0.2) is 0 Å². The number of carbonyl (C=O) groups is 1. The third-order valence-electron chi connectivity index (χ3n) is 0.227. The molecule has 0 aromatic heterocycles. The van der Waals surface area contributed by atoms with Crippen molar-refractivity contribution in [1.82, 2.24) is 4.72 Å². The summed E-state index contributed by atoms with van der Waals surface area (Å²) in [6.45, 7) is 1.12. The van der Waals surface area contributed by atoms with Crippen molar-refractivity contribution in [3.8, 4) is 0 Å². The molecule has 0 heterocycles. The van der Waals surface area contributed by atoms with Gasteiger partial charge >= 0.3 is 0 Å². The molecule has 8 heavy (non-hydrogen) atoms. The maximum absolute atomic E-state index is 9.75. The molecule has 1 unspecified atom stereocenters. The Balaban J connectivity index is 0. The van der Waals surface area contributed by atoms with E-state index in [0.29, 0.717) is 0 Å². The Morgan fingerprint density at radius 2 is 2.12 bits per heavy atom. The van der Waals surface area contributed by atoms with Gasteiger partial charge in [0.05, 0.1) is 0 Å². The van der Waals surface area contributed by atoms with Crippen molar-refractivity contribution in [3.05, 3.63) is 0 Å². The Bertz CT molecular complexity index is 93.5. The van der Waals surface area contributed by atoms with E-state index in [4.69, 9.17) is 0 Å². The third kappa shape index (κ3) is 9.30. The van der Waals surface area contributed by atoms with Crippen LogP contribution in [0.25, 0.3) is 0 Å². The molecule has 0 bridgehead atoms. The van der Waals surface area contributed by atoms with E-state index in [1.807, 2.05) is 0 Å². The lowest BCUT2D eigenvalue weighted by Gasteiger charge is -2.01. The number of halogens is 1. The number of carbonyl (C=O) groups excluding carboxylic acids is 1. The largest absolute Gasteiger partial charge is 0.755 e. The van der Waals surface area contributed by atoms with Gasteiger partial charge < -0.3 is 4.55 Å². The van der Waals surface area contributed by atoms with Gasteiger partial charge in [-0.1, -0.05) is 0 Å². The van der Waals surface area contributed by atoms with Crippen LogP contribution in [0, 0.1) is 0 Å². The Morgan fingerprint density at radius 1 is 1.75 bits per heavy atom. The smallest absolute Gasteiger partial charge is 0.227 e. The summed E-state index contributed by atoms with van der Waals surface area (Å²) in [6, 6.07) is 0. The highest BCUT2D eigenvalue weighted by Gasteiger charge is 1.83. The minimum Gasteiger partial charge on any atom is -0.755 e.